The number of hydrogen-bond donors (Lipinski definition) is 0. The van der Waals surface area contributed by atoms with Crippen LogP contribution in [0.5, 0.6) is 0 Å². The zero-order chi connectivity index (χ0) is 36.2. The van der Waals surface area contributed by atoms with Crippen LogP contribution in [0.25, 0.3) is 44.5 Å². The van der Waals surface area contributed by atoms with Crippen molar-refractivity contribution in [2.45, 2.75) is 31.6 Å². The molecular formula is C53H39N. The molecule has 0 aromatic heterocycles. The zero-order valence-corrected chi connectivity index (χ0v) is 30.8. The summed E-state index contributed by atoms with van der Waals surface area (Å²) in [6, 6.07) is 68.2. The Kier molecular flexibility index (Phi) is 6.50. The lowest BCUT2D eigenvalue weighted by Gasteiger charge is -2.32. The van der Waals surface area contributed by atoms with Crippen molar-refractivity contribution in [1.29, 1.82) is 0 Å². The molecular weight excluding hydrogens is 651 g/mol. The molecule has 3 aliphatic rings. The first kappa shape index (κ1) is 31.1. The number of rotatable bonds is 4. The van der Waals surface area contributed by atoms with Gasteiger partial charge in [0.2, 0.25) is 0 Å². The summed E-state index contributed by atoms with van der Waals surface area (Å²) in [5, 5.41) is 0. The van der Waals surface area contributed by atoms with Crippen LogP contribution in [0.3, 0.4) is 0 Å². The van der Waals surface area contributed by atoms with Crippen LogP contribution in [-0.4, -0.2) is 0 Å². The van der Waals surface area contributed by atoms with Crippen molar-refractivity contribution in [3.05, 3.63) is 221 Å². The average Bonchev–Trinajstić information content (AvgIpc) is 3.78. The highest BCUT2D eigenvalue weighted by atomic mass is 15.1. The third-order valence-electron chi connectivity index (χ3n) is 12.5. The highest BCUT2D eigenvalue weighted by Gasteiger charge is 2.51. The fraction of sp³-hybridized carbons (Fsp3) is 0.0943. The minimum absolute atomic E-state index is 0.0788. The molecule has 0 fully saturated rings. The summed E-state index contributed by atoms with van der Waals surface area (Å²) in [7, 11) is 0. The normalized spacial score (nSPS) is 14.5. The quantitative estimate of drug-likeness (QED) is 0.178. The first-order valence-corrected chi connectivity index (χ1v) is 19.1. The summed E-state index contributed by atoms with van der Waals surface area (Å²) in [6.07, 6.45) is 0. The monoisotopic (exact) mass is 689 g/mol. The molecule has 8 aromatic rings. The van der Waals surface area contributed by atoms with Gasteiger partial charge in [-0.15, -0.1) is 0 Å². The fourth-order valence-electron chi connectivity index (χ4n) is 10.2. The maximum Gasteiger partial charge on any atom is 0.0726 e. The predicted molar refractivity (Wildman–Crippen MR) is 225 cm³/mol. The minimum atomic E-state index is -0.393. The largest absolute Gasteiger partial charge is 0.310 e. The van der Waals surface area contributed by atoms with Gasteiger partial charge in [-0.3, -0.25) is 0 Å². The van der Waals surface area contributed by atoms with E-state index >= 15 is 0 Å². The van der Waals surface area contributed by atoms with E-state index in [0.29, 0.717) is 0 Å². The summed E-state index contributed by atoms with van der Waals surface area (Å²) < 4.78 is 0. The van der Waals surface area contributed by atoms with E-state index in [1.54, 1.807) is 0 Å². The number of fused-ring (bicyclic) bond motifs is 13. The van der Waals surface area contributed by atoms with Crippen molar-refractivity contribution in [3.8, 4) is 44.5 Å². The van der Waals surface area contributed by atoms with E-state index in [-0.39, 0.29) is 5.41 Å². The van der Waals surface area contributed by atoms with Gasteiger partial charge >= 0.3 is 0 Å². The molecule has 3 aliphatic carbocycles. The third-order valence-corrected chi connectivity index (χ3v) is 12.5. The van der Waals surface area contributed by atoms with Crippen LogP contribution in [-0.2, 0) is 10.8 Å². The van der Waals surface area contributed by atoms with Crippen LogP contribution < -0.4 is 4.90 Å². The Morgan fingerprint density at radius 1 is 0.352 bits per heavy atom. The summed E-state index contributed by atoms with van der Waals surface area (Å²) in [6.45, 7) is 6.90. The van der Waals surface area contributed by atoms with E-state index in [0.717, 1.165) is 17.1 Å². The van der Waals surface area contributed by atoms with E-state index in [4.69, 9.17) is 0 Å². The third kappa shape index (κ3) is 4.10. The van der Waals surface area contributed by atoms with Crippen LogP contribution in [0.2, 0.25) is 0 Å². The standard InChI is InChI=1S/C53H39N/c1-34-23-27-36(28-24-34)54(37-29-25-35(26-30-37)39-17-12-18-45-43-16-4-8-19-46(43)52(2,3)51(39)45)38-31-32-44-42-15-7-11-22-49(42)53(50(44)33-38)47-20-9-5-13-40(47)41-14-6-10-21-48(41)53/h4-33H,1-3H3. The first-order valence-electron chi connectivity index (χ1n) is 19.1. The summed E-state index contributed by atoms with van der Waals surface area (Å²) >= 11 is 0. The second-order valence-corrected chi connectivity index (χ2v) is 15.7. The second kappa shape index (κ2) is 11.3. The Balaban J connectivity index is 1.09. The Hall–Kier alpha value is -6.44. The molecule has 54 heavy (non-hydrogen) atoms. The molecule has 8 aromatic carbocycles. The van der Waals surface area contributed by atoms with Crippen LogP contribution in [0.1, 0.15) is 52.8 Å². The van der Waals surface area contributed by atoms with E-state index in [1.165, 1.54) is 83.5 Å². The predicted octanol–water partition coefficient (Wildman–Crippen LogP) is 13.8. The summed E-state index contributed by atoms with van der Waals surface area (Å²) in [4.78, 5) is 2.43. The molecule has 256 valence electrons. The molecule has 11 rings (SSSR count). The lowest BCUT2D eigenvalue weighted by molar-refractivity contribution is 0.662. The lowest BCUT2D eigenvalue weighted by atomic mass is 9.70. The SMILES string of the molecule is Cc1ccc(N(c2ccc(-c3cccc4c3C(C)(C)c3ccccc3-4)cc2)c2ccc3c(c2)C2(c4ccccc4-c4ccccc42)c2ccccc2-3)cc1. The molecule has 0 unspecified atom stereocenters. The van der Waals surface area contributed by atoms with Gasteiger partial charge in [0.05, 0.1) is 5.41 Å². The van der Waals surface area contributed by atoms with Gasteiger partial charge in [0, 0.05) is 22.5 Å². The van der Waals surface area contributed by atoms with Gasteiger partial charge in [-0.1, -0.05) is 165 Å². The van der Waals surface area contributed by atoms with Crippen molar-refractivity contribution in [3.63, 3.8) is 0 Å². The maximum absolute atomic E-state index is 2.48. The Morgan fingerprint density at radius 3 is 1.35 bits per heavy atom. The molecule has 0 amide bonds. The maximum atomic E-state index is 2.48. The van der Waals surface area contributed by atoms with Gasteiger partial charge in [0.15, 0.2) is 0 Å². The molecule has 0 saturated carbocycles. The molecule has 1 heteroatoms. The lowest BCUT2D eigenvalue weighted by Crippen LogP contribution is -2.26. The Bertz CT molecular complexity index is 2740. The average molecular weight is 690 g/mol. The van der Waals surface area contributed by atoms with E-state index in [9.17, 15) is 0 Å². The molecule has 0 aliphatic heterocycles. The topological polar surface area (TPSA) is 3.24 Å². The summed E-state index contributed by atoms with van der Waals surface area (Å²) in [5.74, 6) is 0. The highest BCUT2D eigenvalue weighted by molar-refractivity contribution is 5.96. The van der Waals surface area contributed by atoms with Crippen LogP contribution in [0, 0.1) is 6.92 Å². The minimum Gasteiger partial charge on any atom is -0.310 e. The van der Waals surface area contributed by atoms with Crippen molar-refractivity contribution in [1.82, 2.24) is 0 Å². The molecule has 0 radical (unpaired) electrons. The zero-order valence-electron chi connectivity index (χ0n) is 30.8. The number of anilines is 3. The Labute approximate surface area is 317 Å². The summed E-state index contributed by atoms with van der Waals surface area (Å²) in [5.41, 5.74) is 23.0. The van der Waals surface area contributed by atoms with Gasteiger partial charge < -0.3 is 4.90 Å². The van der Waals surface area contributed by atoms with Gasteiger partial charge in [-0.05, 0) is 121 Å². The van der Waals surface area contributed by atoms with E-state index in [1.807, 2.05) is 0 Å². The Morgan fingerprint density at radius 2 is 0.778 bits per heavy atom. The van der Waals surface area contributed by atoms with Gasteiger partial charge in [0.25, 0.3) is 0 Å². The first-order chi connectivity index (χ1) is 26.5. The van der Waals surface area contributed by atoms with Crippen LogP contribution >= 0.6 is 0 Å². The van der Waals surface area contributed by atoms with Crippen molar-refractivity contribution in [2.75, 3.05) is 4.90 Å². The van der Waals surface area contributed by atoms with Crippen molar-refractivity contribution in [2.24, 2.45) is 0 Å². The molecule has 1 nitrogen and oxygen atoms in total. The van der Waals surface area contributed by atoms with Gasteiger partial charge in [-0.2, -0.15) is 0 Å². The van der Waals surface area contributed by atoms with Crippen LogP contribution in [0.4, 0.5) is 17.1 Å². The number of hydrogen-bond acceptors (Lipinski definition) is 1. The highest BCUT2D eigenvalue weighted by Crippen LogP contribution is 2.63. The molecule has 0 bridgehead atoms. The molecule has 1 spiro atoms. The molecule has 0 N–H and O–H groups in total. The van der Waals surface area contributed by atoms with Crippen molar-refractivity contribution < 1.29 is 0 Å². The van der Waals surface area contributed by atoms with Crippen LogP contribution in [0.15, 0.2) is 182 Å². The van der Waals surface area contributed by atoms with E-state index < -0.39 is 5.41 Å². The molecule has 0 atom stereocenters. The number of nitrogens with zero attached hydrogens (tertiary/aromatic N) is 1. The molecule has 0 heterocycles. The van der Waals surface area contributed by atoms with Gasteiger partial charge in [-0.25, -0.2) is 0 Å². The van der Waals surface area contributed by atoms with Crippen molar-refractivity contribution >= 4 is 17.1 Å². The number of benzene rings is 8. The second-order valence-electron chi connectivity index (χ2n) is 15.7. The molecule has 0 saturated heterocycles. The fourth-order valence-corrected chi connectivity index (χ4v) is 10.2. The van der Waals surface area contributed by atoms with E-state index in [2.05, 4.69) is 208 Å². The smallest absolute Gasteiger partial charge is 0.0726 e. The van der Waals surface area contributed by atoms with Gasteiger partial charge in [0.1, 0.15) is 0 Å². The number of aryl methyl sites for hydroxylation is 1.